The minimum atomic E-state index is 0.182. The molecule has 3 rings (SSSR count). The van der Waals surface area contributed by atoms with Crippen LogP contribution in [0.15, 0.2) is 36.4 Å². The zero-order chi connectivity index (χ0) is 15.2. The summed E-state index contributed by atoms with van der Waals surface area (Å²) in [7, 11) is 0. The normalized spacial score (nSPS) is 19.3. The molecule has 0 aliphatic heterocycles. The van der Waals surface area contributed by atoms with Gasteiger partial charge in [-0.05, 0) is 60.1 Å². The maximum atomic E-state index is 9.82. The molecule has 2 heteroatoms. The van der Waals surface area contributed by atoms with Crippen molar-refractivity contribution in [1.82, 2.24) is 0 Å². The van der Waals surface area contributed by atoms with Gasteiger partial charge in [0.1, 0.15) is 5.75 Å². The van der Waals surface area contributed by atoms with Gasteiger partial charge in [-0.15, -0.1) is 0 Å². The molecule has 1 atom stereocenters. The number of phenolic OH excluding ortho intramolecular Hbond substituents is 1. The Bertz CT molecular complexity index is 688. The third-order valence-corrected chi connectivity index (χ3v) is 4.64. The van der Waals surface area contributed by atoms with Crippen LogP contribution in [0.2, 0.25) is 0 Å². The fourth-order valence-electron chi connectivity index (χ4n) is 3.38. The van der Waals surface area contributed by atoms with Crippen LogP contribution in [0, 0.1) is 19.3 Å². The molecule has 0 heterocycles. The average molecular weight is 281 g/mol. The Hall–Kier alpha value is -1.96. The number of anilines is 1. The third-order valence-electron chi connectivity index (χ3n) is 4.64. The summed E-state index contributed by atoms with van der Waals surface area (Å²) in [5.74, 6) is 0.365. The van der Waals surface area contributed by atoms with Gasteiger partial charge >= 0.3 is 0 Å². The van der Waals surface area contributed by atoms with Crippen molar-refractivity contribution in [3.63, 3.8) is 0 Å². The van der Waals surface area contributed by atoms with E-state index in [0.717, 1.165) is 23.2 Å². The van der Waals surface area contributed by atoms with E-state index in [1.807, 2.05) is 26.0 Å². The maximum absolute atomic E-state index is 9.82. The zero-order valence-corrected chi connectivity index (χ0v) is 13.2. The van der Waals surface area contributed by atoms with Crippen LogP contribution in [-0.2, 0) is 6.42 Å². The van der Waals surface area contributed by atoms with Crippen LogP contribution in [-0.4, -0.2) is 5.11 Å². The highest BCUT2D eigenvalue weighted by Gasteiger charge is 2.38. The summed E-state index contributed by atoms with van der Waals surface area (Å²) in [5.41, 5.74) is 6.12. The lowest BCUT2D eigenvalue weighted by Gasteiger charge is -2.30. The molecule has 1 unspecified atom stereocenters. The Morgan fingerprint density at radius 1 is 1.10 bits per heavy atom. The van der Waals surface area contributed by atoms with Crippen LogP contribution in [0.1, 0.15) is 42.1 Å². The molecule has 0 bridgehead atoms. The lowest BCUT2D eigenvalue weighted by molar-refractivity contribution is 0.337. The molecule has 2 nitrogen and oxygen atoms in total. The van der Waals surface area contributed by atoms with E-state index >= 15 is 0 Å². The predicted molar refractivity (Wildman–Crippen MR) is 87.9 cm³/mol. The third kappa shape index (κ3) is 2.39. The minimum Gasteiger partial charge on any atom is -0.508 e. The van der Waals surface area contributed by atoms with Gasteiger partial charge in [-0.3, -0.25) is 0 Å². The average Bonchev–Trinajstić information content (AvgIpc) is 2.67. The van der Waals surface area contributed by atoms with Crippen LogP contribution in [0.5, 0.6) is 5.75 Å². The highest BCUT2D eigenvalue weighted by molar-refractivity contribution is 5.59. The van der Waals surface area contributed by atoms with Crippen molar-refractivity contribution in [2.24, 2.45) is 5.41 Å². The van der Waals surface area contributed by atoms with Gasteiger partial charge in [0, 0.05) is 5.69 Å². The fourth-order valence-corrected chi connectivity index (χ4v) is 3.38. The SMILES string of the molecule is Cc1cc(NC2c3ccccc3CC2(C)C)c(C)cc1O. The molecular formula is C19H23NO. The van der Waals surface area contributed by atoms with E-state index in [9.17, 15) is 5.11 Å². The zero-order valence-electron chi connectivity index (χ0n) is 13.2. The summed E-state index contributed by atoms with van der Waals surface area (Å²) in [4.78, 5) is 0. The second kappa shape index (κ2) is 4.80. The van der Waals surface area contributed by atoms with Gasteiger partial charge in [0.25, 0.3) is 0 Å². The van der Waals surface area contributed by atoms with E-state index in [-0.39, 0.29) is 5.41 Å². The number of fused-ring (bicyclic) bond motifs is 1. The molecule has 0 amide bonds. The molecule has 0 saturated heterocycles. The summed E-state index contributed by atoms with van der Waals surface area (Å²) in [6.07, 6.45) is 1.09. The summed E-state index contributed by atoms with van der Waals surface area (Å²) in [5, 5.41) is 13.5. The van der Waals surface area contributed by atoms with E-state index in [0.29, 0.717) is 11.8 Å². The topological polar surface area (TPSA) is 32.3 Å². The van der Waals surface area contributed by atoms with E-state index in [1.165, 1.54) is 11.1 Å². The smallest absolute Gasteiger partial charge is 0.118 e. The molecule has 2 aromatic carbocycles. The number of aryl methyl sites for hydroxylation is 2. The second-order valence-corrected chi connectivity index (χ2v) is 6.90. The lowest BCUT2D eigenvalue weighted by atomic mass is 9.85. The molecule has 2 N–H and O–H groups in total. The molecule has 21 heavy (non-hydrogen) atoms. The van der Waals surface area contributed by atoms with Gasteiger partial charge in [-0.25, -0.2) is 0 Å². The van der Waals surface area contributed by atoms with Crippen LogP contribution >= 0.6 is 0 Å². The number of rotatable bonds is 2. The van der Waals surface area contributed by atoms with Crippen molar-refractivity contribution in [2.75, 3.05) is 5.32 Å². The van der Waals surface area contributed by atoms with E-state index in [2.05, 4.69) is 43.4 Å². The Kier molecular flexibility index (Phi) is 3.20. The van der Waals surface area contributed by atoms with Crippen molar-refractivity contribution in [3.05, 3.63) is 58.7 Å². The Balaban J connectivity index is 1.99. The molecule has 1 aliphatic rings. The van der Waals surface area contributed by atoms with Gasteiger partial charge in [-0.2, -0.15) is 0 Å². The quantitative estimate of drug-likeness (QED) is 0.779. The van der Waals surface area contributed by atoms with Crippen molar-refractivity contribution in [1.29, 1.82) is 0 Å². The Labute approximate surface area is 126 Å². The molecule has 0 saturated carbocycles. The molecule has 0 spiro atoms. The second-order valence-electron chi connectivity index (χ2n) is 6.90. The van der Waals surface area contributed by atoms with Crippen molar-refractivity contribution < 1.29 is 5.11 Å². The van der Waals surface area contributed by atoms with Crippen molar-refractivity contribution >= 4 is 5.69 Å². The summed E-state index contributed by atoms with van der Waals surface area (Å²) >= 11 is 0. The number of benzene rings is 2. The van der Waals surface area contributed by atoms with Crippen LogP contribution in [0.4, 0.5) is 5.69 Å². The van der Waals surface area contributed by atoms with Crippen molar-refractivity contribution in [2.45, 2.75) is 40.2 Å². The molecule has 110 valence electrons. The largest absolute Gasteiger partial charge is 0.508 e. The first-order chi connectivity index (χ1) is 9.88. The molecule has 2 aromatic rings. The first kappa shape index (κ1) is 14.0. The highest BCUT2D eigenvalue weighted by Crippen LogP contribution is 2.47. The van der Waals surface area contributed by atoms with Gasteiger partial charge in [-0.1, -0.05) is 38.1 Å². The summed E-state index contributed by atoms with van der Waals surface area (Å²) < 4.78 is 0. The lowest BCUT2D eigenvalue weighted by Crippen LogP contribution is -2.24. The van der Waals surface area contributed by atoms with E-state index < -0.39 is 0 Å². The van der Waals surface area contributed by atoms with Crippen LogP contribution < -0.4 is 5.32 Å². The summed E-state index contributed by atoms with van der Waals surface area (Å²) in [6, 6.07) is 12.9. The Morgan fingerprint density at radius 2 is 1.81 bits per heavy atom. The van der Waals surface area contributed by atoms with Gasteiger partial charge in [0.2, 0.25) is 0 Å². The minimum absolute atomic E-state index is 0.182. The fraction of sp³-hybridized carbons (Fsp3) is 0.368. The number of hydrogen-bond acceptors (Lipinski definition) is 2. The number of phenols is 1. The first-order valence-electron chi connectivity index (χ1n) is 7.53. The number of hydrogen-bond donors (Lipinski definition) is 2. The molecular weight excluding hydrogens is 258 g/mol. The maximum Gasteiger partial charge on any atom is 0.118 e. The monoisotopic (exact) mass is 281 g/mol. The van der Waals surface area contributed by atoms with Gasteiger partial charge in [0.15, 0.2) is 0 Å². The first-order valence-corrected chi connectivity index (χ1v) is 7.53. The predicted octanol–water partition coefficient (Wildman–Crippen LogP) is 4.74. The molecule has 0 fully saturated rings. The number of aromatic hydroxyl groups is 1. The van der Waals surface area contributed by atoms with Crippen molar-refractivity contribution in [3.8, 4) is 5.75 Å². The number of nitrogens with one attached hydrogen (secondary N) is 1. The van der Waals surface area contributed by atoms with Crippen LogP contribution in [0.3, 0.4) is 0 Å². The van der Waals surface area contributed by atoms with Crippen LogP contribution in [0.25, 0.3) is 0 Å². The molecule has 0 aromatic heterocycles. The summed E-state index contributed by atoms with van der Waals surface area (Å²) in [6.45, 7) is 8.60. The Morgan fingerprint density at radius 3 is 2.57 bits per heavy atom. The van der Waals surface area contributed by atoms with Gasteiger partial charge in [0.05, 0.1) is 6.04 Å². The molecule has 0 radical (unpaired) electrons. The van der Waals surface area contributed by atoms with E-state index in [4.69, 9.17) is 0 Å². The van der Waals surface area contributed by atoms with E-state index in [1.54, 1.807) is 0 Å². The highest BCUT2D eigenvalue weighted by atomic mass is 16.3. The molecule has 1 aliphatic carbocycles. The van der Waals surface area contributed by atoms with Gasteiger partial charge < -0.3 is 10.4 Å². The standard InChI is InChI=1S/C19H23NO/c1-12-10-17(21)13(2)9-16(12)20-18-15-8-6-5-7-14(15)11-19(18,3)4/h5-10,18,20-21H,11H2,1-4H3.